The number of hydrogen-bond acceptors (Lipinski definition) is 3. The van der Waals surface area contributed by atoms with Gasteiger partial charge in [0, 0.05) is 32.4 Å². The first kappa shape index (κ1) is 13.4. The summed E-state index contributed by atoms with van der Waals surface area (Å²) in [6, 6.07) is 0. The number of carbonyl (C=O) groups is 2. The van der Waals surface area contributed by atoms with Crippen LogP contribution in [0.4, 0.5) is 0 Å². The van der Waals surface area contributed by atoms with Gasteiger partial charge < -0.3 is 14.5 Å². The number of hydrogen-bond donors (Lipinski definition) is 0. The maximum Gasteiger partial charge on any atom is 0.249 e. The molecule has 0 unspecified atom stereocenters. The van der Waals surface area contributed by atoms with Crippen molar-refractivity contribution in [2.75, 3.05) is 33.4 Å². The van der Waals surface area contributed by atoms with Crippen molar-refractivity contribution < 1.29 is 14.3 Å². The predicted molar refractivity (Wildman–Crippen MR) is 64.1 cm³/mol. The van der Waals surface area contributed by atoms with Crippen LogP contribution in [0.1, 0.15) is 6.92 Å². The first-order valence-corrected chi connectivity index (χ1v) is 5.59. The zero-order valence-corrected chi connectivity index (χ0v) is 10.3. The molecule has 1 rings (SSSR count). The molecule has 1 saturated heterocycles. The molecule has 1 fully saturated rings. The Morgan fingerprint density at radius 1 is 1.24 bits per heavy atom. The lowest BCUT2D eigenvalue weighted by Crippen LogP contribution is -2.40. The minimum Gasteiger partial charge on any atom is -0.378 e. The van der Waals surface area contributed by atoms with E-state index in [0.29, 0.717) is 26.3 Å². The van der Waals surface area contributed by atoms with E-state index in [0.717, 1.165) is 0 Å². The summed E-state index contributed by atoms with van der Waals surface area (Å²) < 4.78 is 5.15. The van der Waals surface area contributed by atoms with Gasteiger partial charge in [0.1, 0.15) is 0 Å². The molecule has 17 heavy (non-hydrogen) atoms. The molecule has 5 nitrogen and oxygen atoms in total. The normalized spacial score (nSPS) is 16.7. The van der Waals surface area contributed by atoms with Gasteiger partial charge in [0.2, 0.25) is 11.8 Å². The van der Waals surface area contributed by atoms with Gasteiger partial charge >= 0.3 is 0 Å². The average Bonchev–Trinajstić information content (AvgIpc) is 2.36. The number of amides is 2. The van der Waals surface area contributed by atoms with Crippen molar-refractivity contribution in [2.45, 2.75) is 6.92 Å². The number of likely N-dealkylation sites (N-methyl/N-ethyl adjacent to an activating group) is 1. The van der Waals surface area contributed by atoms with Crippen LogP contribution in [0.5, 0.6) is 0 Å². The summed E-state index contributed by atoms with van der Waals surface area (Å²) >= 11 is 0. The van der Waals surface area contributed by atoms with Crippen molar-refractivity contribution in [3.63, 3.8) is 0 Å². The fourth-order valence-corrected chi connectivity index (χ4v) is 1.40. The molecule has 5 heteroatoms. The van der Waals surface area contributed by atoms with E-state index in [-0.39, 0.29) is 11.8 Å². The van der Waals surface area contributed by atoms with Crippen LogP contribution in [0.15, 0.2) is 24.4 Å². The summed E-state index contributed by atoms with van der Waals surface area (Å²) in [5, 5.41) is 0. The Labute approximate surface area is 101 Å². The molecule has 1 heterocycles. The second kappa shape index (κ2) is 6.85. The van der Waals surface area contributed by atoms with Gasteiger partial charge in [-0.25, -0.2) is 0 Å². The van der Waals surface area contributed by atoms with Crippen molar-refractivity contribution >= 4 is 11.8 Å². The summed E-state index contributed by atoms with van der Waals surface area (Å²) in [4.78, 5) is 26.2. The van der Waals surface area contributed by atoms with Gasteiger partial charge in [-0.05, 0) is 13.0 Å². The summed E-state index contributed by atoms with van der Waals surface area (Å²) in [6.45, 7) is 4.14. The standard InChI is InChI=1S/C12H18N2O3/c1-3-4-11(15)13(2)6-5-12(16)14-7-9-17-10-8-14/h3-6H,7-10H2,1-2H3/b4-3+,6-5+. The van der Waals surface area contributed by atoms with E-state index in [4.69, 9.17) is 4.74 Å². The topological polar surface area (TPSA) is 49.9 Å². The van der Waals surface area contributed by atoms with Crippen LogP contribution in [0, 0.1) is 0 Å². The van der Waals surface area contributed by atoms with Gasteiger partial charge in [0.05, 0.1) is 13.2 Å². The van der Waals surface area contributed by atoms with Gasteiger partial charge in [0.15, 0.2) is 0 Å². The molecule has 2 amide bonds. The maximum absolute atomic E-state index is 11.7. The van der Waals surface area contributed by atoms with Crippen LogP contribution in [-0.2, 0) is 14.3 Å². The lowest BCUT2D eigenvalue weighted by atomic mass is 10.4. The van der Waals surface area contributed by atoms with Crippen LogP contribution in [0.3, 0.4) is 0 Å². The van der Waals surface area contributed by atoms with Crippen LogP contribution >= 0.6 is 0 Å². The molecule has 0 bridgehead atoms. The van der Waals surface area contributed by atoms with Crippen molar-refractivity contribution in [1.29, 1.82) is 0 Å². The molecule has 0 aromatic carbocycles. The zero-order chi connectivity index (χ0) is 12.7. The van der Waals surface area contributed by atoms with Crippen molar-refractivity contribution in [3.05, 3.63) is 24.4 Å². The Morgan fingerprint density at radius 3 is 2.47 bits per heavy atom. The van der Waals surface area contributed by atoms with Crippen LogP contribution in [0.25, 0.3) is 0 Å². The molecular weight excluding hydrogens is 220 g/mol. The number of nitrogens with zero attached hydrogens (tertiary/aromatic N) is 2. The lowest BCUT2D eigenvalue weighted by Gasteiger charge is -2.25. The number of allylic oxidation sites excluding steroid dienone is 1. The Kier molecular flexibility index (Phi) is 5.42. The monoisotopic (exact) mass is 238 g/mol. The van der Waals surface area contributed by atoms with Crippen molar-refractivity contribution in [2.24, 2.45) is 0 Å². The van der Waals surface area contributed by atoms with E-state index in [1.807, 2.05) is 0 Å². The summed E-state index contributed by atoms with van der Waals surface area (Å²) in [5.74, 6) is -0.244. The van der Waals surface area contributed by atoms with Crippen molar-refractivity contribution in [1.82, 2.24) is 9.80 Å². The van der Waals surface area contributed by atoms with Crippen molar-refractivity contribution in [3.8, 4) is 0 Å². The molecule has 0 N–H and O–H groups in total. The lowest BCUT2D eigenvalue weighted by molar-refractivity contribution is -0.130. The van der Waals surface area contributed by atoms with Crippen LogP contribution < -0.4 is 0 Å². The van der Waals surface area contributed by atoms with E-state index in [1.54, 1.807) is 24.9 Å². The molecular formula is C12H18N2O3. The first-order valence-electron chi connectivity index (χ1n) is 5.59. The fraction of sp³-hybridized carbons (Fsp3) is 0.500. The molecule has 0 spiro atoms. The number of rotatable bonds is 3. The van der Waals surface area contributed by atoms with E-state index >= 15 is 0 Å². The molecule has 0 aromatic rings. The third-order valence-corrected chi connectivity index (χ3v) is 2.42. The van der Waals surface area contributed by atoms with Gasteiger partial charge in [-0.1, -0.05) is 6.08 Å². The number of morpholine rings is 1. The minimum absolute atomic E-state index is 0.0894. The highest BCUT2D eigenvalue weighted by Crippen LogP contribution is 1.99. The fourth-order valence-electron chi connectivity index (χ4n) is 1.40. The Hall–Kier alpha value is -1.62. The second-order valence-electron chi connectivity index (χ2n) is 3.70. The van der Waals surface area contributed by atoms with Crippen LogP contribution in [-0.4, -0.2) is 55.0 Å². The molecule has 0 radical (unpaired) electrons. The molecule has 0 saturated carbocycles. The van der Waals surface area contributed by atoms with Gasteiger partial charge in [0.25, 0.3) is 0 Å². The number of ether oxygens (including phenoxy) is 1. The molecule has 1 aliphatic heterocycles. The third kappa shape index (κ3) is 4.40. The zero-order valence-electron chi connectivity index (χ0n) is 10.3. The third-order valence-electron chi connectivity index (χ3n) is 2.42. The SMILES string of the molecule is C/C=C/C(=O)N(C)/C=C/C(=O)N1CCOCC1. The Morgan fingerprint density at radius 2 is 1.88 bits per heavy atom. The highest BCUT2D eigenvalue weighted by molar-refractivity contribution is 5.91. The molecule has 0 aliphatic carbocycles. The molecule has 0 atom stereocenters. The maximum atomic E-state index is 11.7. The van der Waals surface area contributed by atoms with Gasteiger partial charge in [-0.15, -0.1) is 0 Å². The van der Waals surface area contributed by atoms with E-state index < -0.39 is 0 Å². The van der Waals surface area contributed by atoms with E-state index in [2.05, 4.69) is 0 Å². The van der Waals surface area contributed by atoms with Gasteiger partial charge in [-0.3, -0.25) is 9.59 Å². The molecule has 94 valence electrons. The average molecular weight is 238 g/mol. The van der Waals surface area contributed by atoms with E-state index in [9.17, 15) is 9.59 Å². The summed E-state index contributed by atoms with van der Waals surface area (Å²) in [7, 11) is 1.62. The largest absolute Gasteiger partial charge is 0.378 e. The van der Waals surface area contributed by atoms with Gasteiger partial charge in [-0.2, -0.15) is 0 Å². The highest BCUT2D eigenvalue weighted by atomic mass is 16.5. The highest BCUT2D eigenvalue weighted by Gasteiger charge is 2.14. The molecule has 0 aromatic heterocycles. The number of carbonyl (C=O) groups excluding carboxylic acids is 2. The summed E-state index contributed by atoms with van der Waals surface area (Å²) in [6.07, 6.45) is 6.01. The first-order chi connectivity index (χ1) is 8.15. The smallest absolute Gasteiger partial charge is 0.249 e. The predicted octanol–water partition coefficient (Wildman–Crippen LogP) is 0.393. The minimum atomic E-state index is -0.154. The molecule has 1 aliphatic rings. The van der Waals surface area contributed by atoms with E-state index in [1.165, 1.54) is 23.3 Å². The quantitative estimate of drug-likeness (QED) is 0.668. The Bertz CT molecular complexity index is 331. The second-order valence-corrected chi connectivity index (χ2v) is 3.70. The Balaban J connectivity index is 2.46. The summed E-state index contributed by atoms with van der Waals surface area (Å²) in [5.41, 5.74) is 0. The van der Waals surface area contributed by atoms with Crippen LogP contribution in [0.2, 0.25) is 0 Å².